The number of aryl methyl sites for hydroxylation is 1. The molecule has 0 unspecified atom stereocenters. The van der Waals surface area contributed by atoms with Crippen LogP contribution in [0.15, 0.2) is 6.20 Å². The van der Waals surface area contributed by atoms with E-state index in [-0.39, 0.29) is 0 Å². The molecule has 0 spiro atoms. The van der Waals surface area contributed by atoms with Crippen molar-refractivity contribution in [3.05, 3.63) is 17.7 Å². The Morgan fingerprint density at radius 1 is 1.54 bits per heavy atom. The van der Waals surface area contributed by atoms with Gasteiger partial charge in [0.2, 0.25) is 0 Å². The topological polar surface area (TPSA) is 29.9 Å². The van der Waals surface area contributed by atoms with E-state index in [9.17, 15) is 0 Å². The minimum atomic E-state index is 0.670. The summed E-state index contributed by atoms with van der Waals surface area (Å²) in [4.78, 5) is 4.31. The maximum Gasteiger partial charge on any atom is 0.105 e. The summed E-state index contributed by atoms with van der Waals surface area (Å²) >= 11 is 0. The molecule has 1 aromatic rings. The highest BCUT2D eigenvalue weighted by molar-refractivity contribution is 5.04. The van der Waals surface area contributed by atoms with Gasteiger partial charge in [0.15, 0.2) is 0 Å². The molecule has 0 aliphatic carbocycles. The van der Waals surface area contributed by atoms with Gasteiger partial charge in [-0.05, 0) is 19.9 Å². The lowest BCUT2D eigenvalue weighted by Crippen LogP contribution is -2.14. The monoisotopic (exact) mass is 181 g/mol. The fraction of sp³-hybridized carbons (Fsp3) is 0.700. The zero-order valence-corrected chi connectivity index (χ0v) is 8.96. The number of aromatic nitrogens is 2. The minimum Gasteiger partial charge on any atom is -0.331 e. The van der Waals surface area contributed by atoms with Gasteiger partial charge in [0.25, 0.3) is 0 Å². The molecule has 0 aromatic carbocycles. The van der Waals surface area contributed by atoms with Gasteiger partial charge < -0.3 is 9.88 Å². The Hall–Kier alpha value is -0.830. The predicted octanol–water partition coefficient (Wildman–Crippen LogP) is 1.57. The summed E-state index contributed by atoms with van der Waals surface area (Å²) in [6, 6.07) is 0. The van der Waals surface area contributed by atoms with Crippen molar-refractivity contribution in [2.45, 2.75) is 33.9 Å². The van der Waals surface area contributed by atoms with Gasteiger partial charge in [-0.3, -0.25) is 0 Å². The van der Waals surface area contributed by atoms with Crippen LogP contribution in [0.5, 0.6) is 0 Å². The van der Waals surface area contributed by atoms with E-state index in [0.29, 0.717) is 5.92 Å². The van der Waals surface area contributed by atoms with Gasteiger partial charge in [-0.15, -0.1) is 0 Å². The van der Waals surface area contributed by atoms with Gasteiger partial charge in [0.05, 0.1) is 5.69 Å². The fourth-order valence-electron chi connectivity index (χ4n) is 1.45. The number of nitrogens with one attached hydrogen (secondary N) is 1. The third kappa shape index (κ3) is 2.56. The first-order valence-corrected chi connectivity index (χ1v) is 4.80. The van der Waals surface area contributed by atoms with Gasteiger partial charge in [0, 0.05) is 19.3 Å². The summed E-state index contributed by atoms with van der Waals surface area (Å²) in [5.74, 6) is 1.78. The summed E-state index contributed by atoms with van der Waals surface area (Å²) in [7, 11) is 1.96. The van der Waals surface area contributed by atoms with Crippen LogP contribution >= 0.6 is 0 Å². The normalized spacial score (nSPS) is 11.2. The summed E-state index contributed by atoms with van der Waals surface area (Å²) < 4.78 is 2.28. The third-order valence-electron chi connectivity index (χ3n) is 2.04. The molecule has 1 heterocycles. The molecule has 0 radical (unpaired) electrons. The lowest BCUT2D eigenvalue weighted by molar-refractivity contribution is 0.496. The highest BCUT2D eigenvalue weighted by Gasteiger charge is 2.06. The largest absolute Gasteiger partial charge is 0.331 e. The van der Waals surface area contributed by atoms with Crippen molar-refractivity contribution in [3.8, 4) is 0 Å². The Labute approximate surface area is 80.2 Å². The molecule has 13 heavy (non-hydrogen) atoms. The molecule has 0 atom stereocenters. The summed E-state index contributed by atoms with van der Waals surface area (Å²) in [6.45, 7) is 8.46. The molecule has 0 aliphatic rings. The van der Waals surface area contributed by atoms with E-state index < -0.39 is 0 Å². The molecule has 0 amide bonds. The average molecular weight is 181 g/mol. The van der Waals surface area contributed by atoms with E-state index in [1.54, 1.807) is 0 Å². The minimum absolute atomic E-state index is 0.670. The highest BCUT2D eigenvalue weighted by Crippen LogP contribution is 2.08. The molecule has 1 rings (SSSR count). The van der Waals surface area contributed by atoms with Crippen LogP contribution in [0.3, 0.4) is 0 Å². The van der Waals surface area contributed by atoms with Crippen molar-refractivity contribution < 1.29 is 0 Å². The van der Waals surface area contributed by atoms with E-state index in [4.69, 9.17) is 0 Å². The third-order valence-corrected chi connectivity index (χ3v) is 2.04. The Bertz CT molecular complexity index is 263. The molecule has 3 heteroatoms. The molecule has 0 fully saturated rings. The zero-order chi connectivity index (χ0) is 9.84. The van der Waals surface area contributed by atoms with Crippen LogP contribution in [0, 0.1) is 12.8 Å². The van der Waals surface area contributed by atoms with Crippen molar-refractivity contribution in [1.82, 2.24) is 14.9 Å². The first kappa shape index (κ1) is 10.3. The Morgan fingerprint density at radius 3 is 2.77 bits per heavy atom. The van der Waals surface area contributed by atoms with Crippen LogP contribution < -0.4 is 5.32 Å². The Kier molecular flexibility index (Phi) is 3.48. The molecule has 1 aromatic heterocycles. The second-order valence-electron chi connectivity index (χ2n) is 3.83. The van der Waals surface area contributed by atoms with Crippen molar-refractivity contribution >= 4 is 0 Å². The highest BCUT2D eigenvalue weighted by atomic mass is 15.1. The molecular weight excluding hydrogens is 162 g/mol. The van der Waals surface area contributed by atoms with Gasteiger partial charge in [-0.25, -0.2) is 4.98 Å². The van der Waals surface area contributed by atoms with E-state index >= 15 is 0 Å². The zero-order valence-electron chi connectivity index (χ0n) is 8.96. The molecule has 0 aliphatic heterocycles. The molecular formula is C10H19N3. The number of hydrogen-bond donors (Lipinski definition) is 1. The lowest BCUT2D eigenvalue weighted by atomic mass is 10.2. The van der Waals surface area contributed by atoms with Gasteiger partial charge in [0.1, 0.15) is 5.82 Å². The number of rotatable bonds is 4. The lowest BCUT2D eigenvalue weighted by Gasteiger charge is -2.12. The van der Waals surface area contributed by atoms with E-state index in [1.807, 2.05) is 13.2 Å². The van der Waals surface area contributed by atoms with Crippen LogP contribution in [0.4, 0.5) is 0 Å². The van der Waals surface area contributed by atoms with Gasteiger partial charge in [-0.1, -0.05) is 13.8 Å². The number of nitrogens with zero attached hydrogens (tertiary/aromatic N) is 2. The molecule has 0 saturated heterocycles. The van der Waals surface area contributed by atoms with E-state index in [1.165, 1.54) is 5.69 Å². The summed E-state index contributed by atoms with van der Waals surface area (Å²) in [5, 5.41) is 3.15. The van der Waals surface area contributed by atoms with E-state index in [0.717, 1.165) is 18.9 Å². The molecule has 0 bridgehead atoms. The Balaban J connectivity index is 2.81. The van der Waals surface area contributed by atoms with Crippen LogP contribution in [0.25, 0.3) is 0 Å². The predicted molar refractivity (Wildman–Crippen MR) is 54.6 cm³/mol. The second-order valence-corrected chi connectivity index (χ2v) is 3.83. The van der Waals surface area contributed by atoms with Gasteiger partial charge in [-0.2, -0.15) is 0 Å². The van der Waals surface area contributed by atoms with Gasteiger partial charge >= 0.3 is 0 Å². The smallest absolute Gasteiger partial charge is 0.105 e. The van der Waals surface area contributed by atoms with Crippen molar-refractivity contribution in [1.29, 1.82) is 0 Å². The summed E-state index contributed by atoms with van der Waals surface area (Å²) in [5.41, 5.74) is 1.27. The summed E-state index contributed by atoms with van der Waals surface area (Å²) in [6.07, 6.45) is 1.95. The van der Waals surface area contributed by atoms with Crippen LogP contribution in [0.1, 0.15) is 25.4 Å². The molecule has 3 nitrogen and oxygen atoms in total. The second kappa shape index (κ2) is 4.42. The number of hydrogen-bond acceptors (Lipinski definition) is 2. The molecule has 74 valence electrons. The molecule has 1 N–H and O–H groups in total. The standard InChI is InChI=1S/C10H19N3/c1-8(2)7-13-9(3)12-6-10(13)5-11-4/h6,8,11H,5,7H2,1-4H3. The fourth-order valence-corrected chi connectivity index (χ4v) is 1.45. The van der Waals surface area contributed by atoms with Crippen LogP contribution in [0.2, 0.25) is 0 Å². The Morgan fingerprint density at radius 2 is 2.23 bits per heavy atom. The molecule has 0 saturated carbocycles. The number of imidazole rings is 1. The maximum atomic E-state index is 4.31. The first-order chi connectivity index (χ1) is 6.15. The van der Waals surface area contributed by atoms with Crippen LogP contribution in [-0.2, 0) is 13.1 Å². The van der Waals surface area contributed by atoms with Crippen molar-refractivity contribution in [3.63, 3.8) is 0 Å². The first-order valence-electron chi connectivity index (χ1n) is 4.80. The van der Waals surface area contributed by atoms with Crippen molar-refractivity contribution in [2.24, 2.45) is 5.92 Å². The maximum absolute atomic E-state index is 4.31. The van der Waals surface area contributed by atoms with Crippen molar-refractivity contribution in [2.75, 3.05) is 7.05 Å². The van der Waals surface area contributed by atoms with E-state index in [2.05, 4.69) is 35.6 Å². The quantitative estimate of drug-likeness (QED) is 0.764. The SMILES string of the molecule is CNCc1cnc(C)n1CC(C)C. The van der Waals surface area contributed by atoms with Crippen LogP contribution in [-0.4, -0.2) is 16.6 Å². The average Bonchev–Trinajstić information content (AvgIpc) is 2.36.